The van der Waals surface area contributed by atoms with Gasteiger partial charge in [0, 0.05) is 23.1 Å². The number of rotatable bonds is 6. The van der Waals surface area contributed by atoms with Crippen LogP contribution in [0.2, 0.25) is 5.02 Å². The summed E-state index contributed by atoms with van der Waals surface area (Å²) in [6.07, 6.45) is 0. The van der Waals surface area contributed by atoms with Gasteiger partial charge in [-0.25, -0.2) is 8.78 Å². The average molecular weight is 373 g/mol. The van der Waals surface area contributed by atoms with E-state index in [0.717, 1.165) is 22.1 Å². The molecule has 0 aliphatic rings. The van der Waals surface area contributed by atoms with Crippen molar-refractivity contribution in [3.63, 3.8) is 0 Å². The molecule has 0 saturated heterocycles. The first-order valence-electron chi connectivity index (χ1n) is 6.87. The monoisotopic (exact) mass is 372 g/mol. The van der Waals surface area contributed by atoms with Crippen LogP contribution in [0.15, 0.2) is 42.5 Å². The molecule has 2 nitrogen and oxygen atoms in total. The van der Waals surface area contributed by atoms with E-state index in [0.29, 0.717) is 6.54 Å². The van der Waals surface area contributed by atoms with Crippen molar-refractivity contribution in [2.75, 3.05) is 17.6 Å². The summed E-state index contributed by atoms with van der Waals surface area (Å²) < 4.78 is 26.9. The minimum atomic E-state index is -0.676. The first-order chi connectivity index (χ1) is 11.1. The van der Waals surface area contributed by atoms with Crippen LogP contribution in [0.1, 0.15) is 5.56 Å². The summed E-state index contributed by atoms with van der Waals surface area (Å²) >= 11 is 12.7. The van der Waals surface area contributed by atoms with Crippen LogP contribution in [0.25, 0.3) is 0 Å². The van der Waals surface area contributed by atoms with Crippen LogP contribution < -0.4 is 10.6 Å². The van der Waals surface area contributed by atoms with Gasteiger partial charge in [0.05, 0.1) is 0 Å². The Kier molecular flexibility index (Phi) is 7.08. The fourth-order valence-corrected chi connectivity index (χ4v) is 3.05. The van der Waals surface area contributed by atoms with Crippen LogP contribution in [0, 0.1) is 11.6 Å². The third-order valence-corrected chi connectivity index (χ3v) is 4.40. The fraction of sp³-hybridized carbons (Fsp3) is 0.188. The number of benzene rings is 2. The van der Waals surface area contributed by atoms with Crippen molar-refractivity contribution < 1.29 is 8.78 Å². The molecule has 0 aliphatic carbocycles. The van der Waals surface area contributed by atoms with Gasteiger partial charge in [-0.1, -0.05) is 29.8 Å². The topological polar surface area (TPSA) is 24.1 Å². The maximum atomic E-state index is 13.5. The molecule has 0 aliphatic heterocycles. The van der Waals surface area contributed by atoms with Gasteiger partial charge in [-0.15, -0.1) is 0 Å². The predicted molar refractivity (Wildman–Crippen MR) is 98.2 cm³/mol. The molecule has 0 amide bonds. The molecule has 2 aromatic rings. The maximum Gasteiger partial charge on any atom is 0.170 e. The van der Waals surface area contributed by atoms with Crippen LogP contribution in [-0.4, -0.2) is 17.4 Å². The molecule has 122 valence electrons. The molecule has 0 fully saturated rings. The number of nitrogens with one attached hydrogen (secondary N) is 2. The summed E-state index contributed by atoms with van der Waals surface area (Å²) in [5.41, 5.74) is 0.910. The normalized spacial score (nSPS) is 10.4. The van der Waals surface area contributed by atoms with E-state index in [9.17, 15) is 8.78 Å². The van der Waals surface area contributed by atoms with E-state index in [2.05, 4.69) is 10.6 Å². The maximum absolute atomic E-state index is 13.5. The van der Waals surface area contributed by atoms with Crippen LogP contribution in [0.5, 0.6) is 0 Å². The smallest absolute Gasteiger partial charge is 0.170 e. The van der Waals surface area contributed by atoms with Gasteiger partial charge in [0.15, 0.2) is 5.11 Å². The van der Waals surface area contributed by atoms with Crippen LogP contribution >= 0.6 is 35.6 Å². The van der Waals surface area contributed by atoms with Gasteiger partial charge in [0.2, 0.25) is 0 Å². The molecule has 0 bridgehead atoms. The Balaban J connectivity index is 1.69. The minimum Gasteiger partial charge on any atom is -0.362 e. The van der Waals surface area contributed by atoms with Crippen molar-refractivity contribution in [1.29, 1.82) is 0 Å². The van der Waals surface area contributed by atoms with Crippen molar-refractivity contribution >= 4 is 46.4 Å². The van der Waals surface area contributed by atoms with E-state index < -0.39 is 11.6 Å². The molecule has 7 heteroatoms. The van der Waals surface area contributed by atoms with Gasteiger partial charge in [-0.05, 0) is 42.0 Å². The molecule has 0 heterocycles. The molecule has 0 aromatic heterocycles. The Morgan fingerprint density at radius 1 is 1.13 bits per heavy atom. The Morgan fingerprint density at radius 2 is 1.83 bits per heavy atom. The number of para-hydroxylation sites is 1. The Hall–Kier alpha value is -1.37. The summed E-state index contributed by atoms with van der Waals surface area (Å²) in [5.74, 6) is 0.285. The average Bonchev–Trinajstić information content (AvgIpc) is 2.51. The van der Waals surface area contributed by atoms with Gasteiger partial charge < -0.3 is 10.6 Å². The van der Waals surface area contributed by atoms with Gasteiger partial charge >= 0.3 is 0 Å². The molecule has 0 radical (unpaired) electrons. The number of hydrogen-bond donors (Lipinski definition) is 2. The van der Waals surface area contributed by atoms with E-state index in [-0.39, 0.29) is 10.8 Å². The second kappa shape index (κ2) is 9.05. The Bertz CT molecular complexity index is 663. The van der Waals surface area contributed by atoms with Gasteiger partial charge in [-0.3, -0.25) is 0 Å². The van der Waals surface area contributed by atoms with Gasteiger partial charge in [-0.2, -0.15) is 11.8 Å². The third kappa shape index (κ3) is 5.97. The summed E-state index contributed by atoms with van der Waals surface area (Å²) in [6.45, 7) is 0.590. The van der Waals surface area contributed by atoms with E-state index in [1.54, 1.807) is 11.8 Å². The number of halogens is 3. The van der Waals surface area contributed by atoms with Crippen molar-refractivity contribution in [3.05, 3.63) is 64.7 Å². The van der Waals surface area contributed by atoms with Gasteiger partial charge in [0.1, 0.15) is 17.3 Å². The van der Waals surface area contributed by atoms with E-state index in [1.807, 2.05) is 24.3 Å². The molecule has 2 N–H and O–H groups in total. The number of thiocarbonyl (C=S) groups is 1. The highest BCUT2D eigenvalue weighted by atomic mass is 35.5. The van der Waals surface area contributed by atoms with Crippen molar-refractivity contribution in [3.8, 4) is 0 Å². The number of anilines is 1. The lowest BCUT2D eigenvalue weighted by atomic mass is 10.2. The first-order valence-corrected chi connectivity index (χ1v) is 8.81. The summed E-state index contributed by atoms with van der Waals surface area (Å²) in [4.78, 5) is 0. The lowest BCUT2D eigenvalue weighted by molar-refractivity contribution is 0.591. The SMILES string of the molecule is Fc1cccc(F)c1NC(=S)NCCSCc1cccc(Cl)c1. The second-order valence-electron chi connectivity index (χ2n) is 4.66. The molecular formula is C16H15ClF2N2S2. The van der Waals surface area contributed by atoms with E-state index in [1.165, 1.54) is 18.2 Å². The van der Waals surface area contributed by atoms with E-state index >= 15 is 0 Å². The second-order valence-corrected chi connectivity index (χ2v) is 6.61. The van der Waals surface area contributed by atoms with Crippen LogP contribution in [0.4, 0.5) is 14.5 Å². The molecule has 23 heavy (non-hydrogen) atoms. The molecule has 2 rings (SSSR count). The number of thioether (sulfide) groups is 1. The lowest BCUT2D eigenvalue weighted by Crippen LogP contribution is -2.31. The summed E-state index contributed by atoms with van der Waals surface area (Å²) in [5, 5.41) is 6.37. The quantitative estimate of drug-likeness (QED) is 0.559. The van der Waals surface area contributed by atoms with Crippen LogP contribution in [0.3, 0.4) is 0 Å². The zero-order chi connectivity index (χ0) is 16.7. The molecule has 0 atom stereocenters. The fourth-order valence-electron chi connectivity index (χ4n) is 1.83. The van der Waals surface area contributed by atoms with E-state index in [4.69, 9.17) is 23.8 Å². The standard InChI is InChI=1S/C16H15ClF2N2S2/c17-12-4-1-3-11(9-12)10-23-8-7-20-16(22)21-15-13(18)5-2-6-14(15)19/h1-6,9H,7-8,10H2,(H2,20,21,22). The Labute approximate surface area is 148 Å². The summed E-state index contributed by atoms with van der Waals surface area (Å²) in [7, 11) is 0. The minimum absolute atomic E-state index is 0.192. The van der Waals surface area contributed by atoms with Crippen molar-refractivity contribution in [2.45, 2.75) is 5.75 Å². The summed E-state index contributed by atoms with van der Waals surface area (Å²) in [6, 6.07) is 11.3. The zero-order valence-corrected chi connectivity index (χ0v) is 14.5. The van der Waals surface area contributed by atoms with Crippen molar-refractivity contribution in [2.24, 2.45) is 0 Å². The molecular weight excluding hydrogens is 358 g/mol. The predicted octanol–water partition coefficient (Wildman–Crippen LogP) is 4.84. The van der Waals surface area contributed by atoms with Crippen LogP contribution in [-0.2, 0) is 5.75 Å². The highest BCUT2D eigenvalue weighted by Gasteiger charge is 2.09. The largest absolute Gasteiger partial charge is 0.362 e. The Morgan fingerprint density at radius 3 is 2.52 bits per heavy atom. The molecule has 0 spiro atoms. The van der Waals surface area contributed by atoms with Crippen molar-refractivity contribution in [1.82, 2.24) is 5.32 Å². The highest BCUT2D eigenvalue weighted by Crippen LogP contribution is 2.18. The van der Waals surface area contributed by atoms with Gasteiger partial charge in [0.25, 0.3) is 0 Å². The number of hydrogen-bond acceptors (Lipinski definition) is 2. The highest BCUT2D eigenvalue weighted by molar-refractivity contribution is 7.98. The zero-order valence-electron chi connectivity index (χ0n) is 12.1. The third-order valence-electron chi connectivity index (χ3n) is 2.89. The first kappa shape index (κ1) is 18.0. The molecule has 0 unspecified atom stereocenters. The molecule has 0 saturated carbocycles. The molecule has 2 aromatic carbocycles. The lowest BCUT2D eigenvalue weighted by Gasteiger charge is -2.11.